The van der Waals surface area contributed by atoms with Crippen molar-refractivity contribution < 1.29 is 18.3 Å². The number of anilines is 3. The number of thiazole rings is 1. The third-order valence-electron chi connectivity index (χ3n) is 8.93. The van der Waals surface area contributed by atoms with Gasteiger partial charge >= 0.3 is 0 Å². The van der Waals surface area contributed by atoms with Crippen LogP contribution in [0, 0.1) is 34.3 Å². The van der Waals surface area contributed by atoms with E-state index in [0.29, 0.717) is 78.4 Å². The summed E-state index contributed by atoms with van der Waals surface area (Å²) in [6.45, 7) is 5.92. The van der Waals surface area contributed by atoms with Gasteiger partial charge < -0.3 is 19.4 Å². The number of fused-ring (bicyclic) bond motifs is 1. The molecule has 1 spiro atoms. The number of hydrogen-bond acceptors (Lipinski definition) is 8. The zero-order valence-electron chi connectivity index (χ0n) is 24.2. The Labute approximate surface area is 252 Å². The van der Waals surface area contributed by atoms with Gasteiger partial charge in [0.2, 0.25) is 5.91 Å². The monoisotopic (exact) mass is 601 g/mol. The minimum absolute atomic E-state index is 0.00137. The highest BCUT2D eigenvalue weighted by Gasteiger charge is 2.54. The van der Waals surface area contributed by atoms with Gasteiger partial charge in [-0.3, -0.25) is 4.79 Å². The summed E-state index contributed by atoms with van der Waals surface area (Å²) in [6, 6.07) is 10.00. The first-order valence-electron chi connectivity index (χ1n) is 14.4. The minimum Gasteiger partial charge on any atom is -0.381 e. The van der Waals surface area contributed by atoms with Crippen molar-refractivity contribution in [3.05, 3.63) is 52.5 Å². The highest BCUT2D eigenvalue weighted by Crippen LogP contribution is 2.45. The van der Waals surface area contributed by atoms with E-state index in [4.69, 9.17) is 14.8 Å². The fourth-order valence-electron chi connectivity index (χ4n) is 6.63. The number of benzene rings is 1. The molecule has 3 saturated heterocycles. The van der Waals surface area contributed by atoms with E-state index >= 15 is 4.39 Å². The van der Waals surface area contributed by atoms with E-state index in [1.54, 1.807) is 24.5 Å². The number of rotatable bonds is 6. The first kappa shape index (κ1) is 27.8. The summed E-state index contributed by atoms with van der Waals surface area (Å²) in [4.78, 5) is 23.8. The molecule has 1 amide bonds. The summed E-state index contributed by atoms with van der Waals surface area (Å²) in [5.41, 5.74) is 4.41. The number of carbonyl (C=O) groups excluding carboxylic acids is 1. The van der Waals surface area contributed by atoms with Crippen LogP contribution in [-0.2, 0) is 16.0 Å². The van der Waals surface area contributed by atoms with Crippen molar-refractivity contribution in [3.63, 3.8) is 0 Å². The van der Waals surface area contributed by atoms with Gasteiger partial charge in [0, 0.05) is 56.4 Å². The summed E-state index contributed by atoms with van der Waals surface area (Å²) < 4.78 is 36.4. The van der Waals surface area contributed by atoms with Gasteiger partial charge in [-0.1, -0.05) is 18.3 Å². The quantitative estimate of drug-likeness (QED) is 0.314. The number of hydrogen-bond donors (Lipinski definition) is 0. The summed E-state index contributed by atoms with van der Waals surface area (Å²) in [5.74, 6) is -0.525. The van der Waals surface area contributed by atoms with Crippen molar-refractivity contribution in [3.8, 4) is 17.3 Å². The van der Waals surface area contributed by atoms with E-state index in [2.05, 4.69) is 11.0 Å². The molecule has 0 radical (unpaired) electrons. The second-order valence-electron chi connectivity index (χ2n) is 11.8. The van der Waals surface area contributed by atoms with Crippen LogP contribution in [-0.4, -0.2) is 79.7 Å². The Kier molecular flexibility index (Phi) is 6.67. The lowest BCUT2D eigenvalue weighted by atomic mass is 9.72. The summed E-state index contributed by atoms with van der Waals surface area (Å²) >= 11 is 1.25. The van der Waals surface area contributed by atoms with E-state index in [1.807, 2.05) is 29.8 Å². The van der Waals surface area contributed by atoms with E-state index in [1.165, 1.54) is 23.5 Å². The Balaban J connectivity index is 1.18. The summed E-state index contributed by atoms with van der Waals surface area (Å²) in [5, 5.41) is 15.2. The molecular formula is C30H30BF2N7O2S. The maximum absolute atomic E-state index is 15.8. The molecule has 13 heteroatoms. The largest absolute Gasteiger partial charge is 0.381 e. The van der Waals surface area contributed by atoms with E-state index in [-0.39, 0.29) is 28.9 Å². The molecule has 4 aromatic rings. The summed E-state index contributed by atoms with van der Waals surface area (Å²) in [7, 11) is 3.60. The second kappa shape index (κ2) is 10.3. The molecule has 3 aliphatic rings. The first-order chi connectivity index (χ1) is 20.7. The van der Waals surface area contributed by atoms with E-state index in [0.717, 1.165) is 23.3 Å². The molecule has 9 nitrogen and oxygen atoms in total. The minimum atomic E-state index is -0.359. The van der Waals surface area contributed by atoms with Crippen molar-refractivity contribution in [2.24, 2.45) is 11.3 Å². The van der Waals surface area contributed by atoms with Crippen LogP contribution in [0.2, 0.25) is 0 Å². The number of aryl methyl sites for hydroxylation is 1. The van der Waals surface area contributed by atoms with Gasteiger partial charge in [-0.2, -0.15) is 10.4 Å². The zero-order chi connectivity index (χ0) is 30.0. The average Bonchev–Trinajstić information content (AvgIpc) is 3.72. The SMILES string of the molecule is Bc1c(F)c(N2CC3(CN(C(=O)[C@H]4CCOC4)C3)C2)cc2c(N(C)c3nc(-c4ccc(F)cc4)c(C#N)s3)c(CC)nn12. The average molecular weight is 601 g/mol. The Morgan fingerprint density at radius 1 is 1.26 bits per heavy atom. The molecule has 43 heavy (non-hydrogen) atoms. The number of nitrogens with zero attached hydrogens (tertiary/aromatic N) is 7. The molecule has 220 valence electrons. The Bertz CT molecular complexity index is 1780. The molecule has 0 aliphatic carbocycles. The molecule has 6 heterocycles. The molecule has 3 aliphatic heterocycles. The van der Waals surface area contributed by atoms with Crippen molar-refractivity contribution >= 4 is 52.7 Å². The van der Waals surface area contributed by atoms with Gasteiger partial charge in [0.15, 0.2) is 18.8 Å². The number of halogens is 2. The molecule has 1 atom stereocenters. The highest BCUT2D eigenvalue weighted by atomic mass is 32.1. The van der Waals surface area contributed by atoms with Crippen molar-refractivity contribution in [1.82, 2.24) is 19.5 Å². The molecule has 3 aromatic heterocycles. The zero-order valence-corrected chi connectivity index (χ0v) is 25.0. The van der Waals surface area contributed by atoms with Crippen LogP contribution < -0.4 is 15.4 Å². The van der Waals surface area contributed by atoms with Gasteiger partial charge in [0.1, 0.15) is 22.5 Å². The molecule has 1 aromatic carbocycles. The van der Waals surface area contributed by atoms with Crippen molar-refractivity contribution in [1.29, 1.82) is 5.26 Å². The lowest BCUT2D eigenvalue weighted by molar-refractivity contribution is -0.149. The molecule has 0 bridgehead atoms. The summed E-state index contributed by atoms with van der Waals surface area (Å²) in [6.07, 6.45) is 1.40. The van der Waals surface area contributed by atoms with Crippen LogP contribution in [0.25, 0.3) is 16.8 Å². The van der Waals surface area contributed by atoms with Gasteiger partial charge in [-0.15, -0.1) is 0 Å². The highest BCUT2D eigenvalue weighted by molar-refractivity contribution is 7.16. The van der Waals surface area contributed by atoms with Crippen LogP contribution >= 0.6 is 11.3 Å². The standard InChI is InChI=1S/C30H30BF2N7O2S/c1-3-20-26(37(2)29-35-25(23(11-34)43-29)17-4-6-19(32)7-5-17)22-10-21(24(33)27(31)40(22)36-20)38-13-30(14-38)15-39(16-30)28(41)18-8-9-42-12-18/h4-7,10,18H,3,8-9,12-16,31H2,1-2H3/t18-/m0/s1. The van der Waals surface area contributed by atoms with Gasteiger partial charge in [-0.25, -0.2) is 18.3 Å². The molecular weight excluding hydrogens is 571 g/mol. The smallest absolute Gasteiger partial charge is 0.228 e. The number of ether oxygens (including phenoxy) is 1. The number of amides is 1. The number of likely N-dealkylation sites (tertiary alicyclic amines) is 1. The van der Waals surface area contributed by atoms with Crippen LogP contribution in [0.3, 0.4) is 0 Å². The first-order valence-corrected chi connectivity index (χ1v) is 15.3. The van der Waals surface area contributed by atoms with Crippen LogP contribution in [0.5, 0.6) is 0 Å². The number of carbonyl (C=O) groups is 1. The van der Waals surface area contributed by atoms with Gasteiger partial charge in [0.05, 0.1) is 35.1 Å². The molecule has 0 N–H and O–H groups in total. The Hall–Kier alpha value is -4.02. The third-order valence-corrected chi connectivity index (χ3v) is 9.96. The lowest BCUT2D eigenvalue weighted by Gasteiger charge is -2.61. The Morgan fingerprint density at radius 2 is 2.00 bits per heavy atom. The number of nitriles is 1. The molecule has 0 saturated carbocycles. The van der Waals surface area contributed by atoms with Crippen LogP contribution in [0.1, 0.15) is 23.9 Å². The van der Waals surface area contributed by atoms with Crippen molar-refractivity contribution in [2.75, 3.05) is 56.2 Å². The Morgan fingerprint density at radius 3 is 2.65 bits per heavy atom. The maximum atomic E-state index is 15.8. The lowest BCUT2D eigenvalue weighted by Crippen LogP contribution is -2.73. The fourth-order valence-corrected chi connectivity index (χ4v) is 7.48. The van der Waals surface area contributed by atoms with Crippen molar-refractivity contribution in [2.45, 2.75) is 19.8 Å². The maximum Gasteiger partial charge on any atom is 0.228 e. The molecule has 0 unspecified atom stereocenters. The number of aromatic nitrogens is 3. The topological polar surface area (TPSA) is 90.0 Å². The van der Waals surface area contributed by atoms with Gasteiger partial charge in [0.25, 0.3) is 0 Å². The van der Waals surface area contributed by atoms with E-state index in [9.17, 15) is 14.4 Å². The van der Waals surface area contributed by atoms with Crippen LogP contribution in [0.15, 0.2) is 30.3 Å². The third kappa shape index (κ3) is 4.46. The molecule has 3 fully saturated rings. The van der Waals surface area contributed by atoms with Gasteiger partial charge in [-0.05, 0) is 43.2 Å². The number of pyridine rings is 1. The second-order valence-corrected chi connectivity index (χ2v) is 12.8. The van der Waals surface area contributed by atoms with E-state index < -0.39 is 0 Å². The predicted molar refractivity (Wildman–Crippen MR) is 163 cm³/mol. The fraction of sp³-hybridized carbons (Fsp3) is 0.400. The molecule has 7 rings (SSSR count). The van der Waals surface area contributed by atoms with Crippen LogP contribution in [0.4, 0.5) is 25.3 Å². The predicted octanol–water partition coefficient (Wildman–Crippen LogP) is 2.88. The normalized spacial score (nSPS) is 19.0.